The van der Waals surface area contributed by atoms with Gasteiger partial charge in [0.05, 0.1) is 16.1 Å². The SMILES string of the molecule is O=c1[nH]c2c(Cl)cccc2n1C1CCCO1. The molecule has 1 aliphatic heterocycles. The molecule has 5 heteroatoms. The molecule has 0 saturated carbocycles. The van der Waals surface area contributed by atoms with E-state index < -0.39 is 0 Å². The average Bonchev–Trinajstić information content (AvgIpc) is 2.85. The lowest BCUT2D eigenvalue weighted by molar-refractivity contribution is 0.0573. The Morgan fingerprint density at radius 2 is 2.38 bits per heavy atom. The van der Waals surface area contributed by atoms with Crippen molar-refractivity contribution in [2.24, 2.45) is 0 Å². The summed E-state index contributed by atoms with van der Waals surface area (Å²) in [5.74, 6) is 0. The van der Waals surface area contributed by atoms with Gasteiger partial charge in [-0.1, -0.05) is 17.7 Å². The highest BCUT2D eigenvalue weighted by atomic mass is 35.5. The van der Waals surface area contributed by atoms with Gasteiger partial charge < -0.3 is 9.72 Å². The van der Waals surface area contributed by atoms with E-state index in [1.54, 1.807) is 10.6 Å². The second-order valence-corrected chi connectivity index (χ2v) is 4.31. The van der Waals surface area contributed by atoms with Gasteiger partial charge in [0.25, 0.3) is 0 Å². The molecule has 0 radical (unpaired) electrons. The van der Waals surface area contributed by atoms with Gasteiger partial charge in [-0.25, -0.2) is 4.79 Å². The molecule has 0 amide bonds. The van der Waals surface area contributed by atoms with E-state index in [9.17, 15) is 4.79 Å². The summed E-state index contributed by atoms with van der Waals surface area (Å²) in [6, 6.07) is 5.48. The Balaban J connectivity index is 2.27. The van der Waals surface area contributed by atoms with Crippen LogP contribution in [0.15, 0.2) is 23.0 Å². The third-order valence-electron chi connectivity index (χ3n) is 2.90. The van der Waals surface area contributed by atoms with Crippen molar-refractivity contribution in [3.8, 4) is 0 Å². The van der Waals surface area contributed by atoms with Gasteiger partial charge in [-0.05, 0) is 25.0 Å². The Bertz CT molecular complexity index is 581. The fourth-order valence-electron chi connectivity index (χ4n) is 2.16. The number of aromatic amines is 1. The highest BCUT2D eigenvalue weighted by molar-refractivity contribution is 6.34. The number of H-pyrrole nitrogens is 1. The predicted octanol–water partition coefficient (Wildman–Crippen LogP) is 2.29. The fraction of sp³-hybridized carbons (Fsp3) is 0.364. The van der Waals surface area contributed by atoms with Crippen molar-refractivity contribution >= 4 is 22.6 Å². The Morgan fingerprint density at radius 1 is 1.50 bits per heavy atom. The quantitative estimate of drug-likeness (QED) is 0.829. The van der Waals surface area contributed by atoms with E-state index in [0.717, 1.165) is 18.4 Å². The van der Waals surface area contributed by atoms with E-state index in [-0.39, 0.29) is 11.9 Å². The molecule has 1 aromatic heterocycles. The molecule has 2 heterocycles. The first-order valence-electron chi connectivity index (χ1n) is 5.28. The van der Waals surface area contributed by atoms with Crippen LogP contribution in [0.2, 0.25) is 5.02 Å². The lowest BCUT2D eigenvalue weighted by Gasteiger charge is -2.10. The Hall–Kier alpha value is -1.26. The number of halogens is 1. The number of hydrogen-bond acceptors (Lipinski definition) is 2. The summed E-state index contributed by atoms with van der Waals surface area (Å²) in [5, 5.41) is 0.561. The summed E-state index contributed by atoms with van der Waals surface area (Å²) in [4.78, 5) is 14.6. The minimum absolute atomic E-state index is 0.153. The third kappa shape index (κ3) is 1.37. The number of aromatic nitrogens is 2. The van der Waals surface area contributed by atoms with Crippen LogP contribution in [0, 0.1) is 0 Å². The second kappa shape index (κ2) is 3.64. The van der Waals surface area contributed by atoms with Gasteiger partial charge in [0.1, 0.15) is 6.23 Å². The van der Waals surface area contributed by atoms with E-state index in [0.29, 0.717) is 17.1 Å². The lowest BCUT2D eigenvalue weighted by Crippen LogP contribution is -2.21. The van der Waals surface area contributed by atoms with Crippen LogP contribution < -0.4 is 5.69 Å². The first-order valence-corrected chi connectivity index (χ1v) is 5.65. The van der Waals surface area contributed by atoms with E-state index >= 15 is 0 Å². The number of rotatable bonds is 1. The summed E-state index contributed by atoms with van der Waals surface area (Å²) in [7, 11) is 0. The number of nitrogens with one attached hydrogen (secondary N) is 1. The van der Waals surface area contributed by atoms with Crippen LogP contribution in [-0.4, -0.2) is 16.2 Å². The largest absolute Gasteiger partial charge is 0.358 e. The zero-order chi connectivity index (χ0) is 11.1. The van der Waals surface area contributed by atoms with Crippen LogP contribution in [0.4, 0.5) is 0 Å². The van der Waals surface area contributed by atoms with Crippen molar-refractivity contribution in [3.63, 3.8) is 0 Å². The highest BCUT2D eigenvalue weighted by Gasteiger charge is 2.22. The maximum absolute atomic E-state index is 11.8. The summed E-state index contributed by atoms with van der Waals surface area (Å²) in [5.41, 5.74) is 1.34. The van der Waals surface area contributed by atoms with Gasteiger partial charge >= 0.3 is 5.69 Å². The average molecular weight is 239 g/mol. The van der Waals surface area contributed by atoms with Crippen molar-refractivity contribution in [2.45, 2.75) is 19.1 Å². The number of para-hydroxylation sites is 1. The second-order valence-electron chi connectivity index (χ2n) is 3.90. The van der Waals surface area contributed by atoms with E-state index in [1.165, 1.54) is 0 Å². The third-order valence-corrected chi connectivity index (χ3v) is 3.21. The molecule has 1 saturated heterocycles. The van der Waals surface area contributed by atoms with Crippen LogP contribution in [-0.2, 0) is 4.74 Å². The number of nitrogens with zero attached hydrogens (tertiary/aromatic N) is 1. The van der Waals surface area contributed by atoms with E-state index in [4.69, 9.17) is 16.3 Å². The Labute approximate surface area is 96.8 Å². The normalized spacial score (nSPS) is 20.7. The number of fused-ring (bicyclic) bond motifs is 1. The standard InChI is InChI=1S/C11H11ClN2O2/c12-7-3-1-4-8-10(7)13-11(15)14(8)9-5-2-6-16-9/h1,3-4,9H,2,5-6H2,(H,13,15). The molecule has 1 N–H and O–H groups in total. The molecule has 1 aliphatic rings. The number of hydrogen-bond donors (Lipinski definition) is 1. The van der Waals surface area contributed by atoms with Gasteiger partial charge in [0, 0.05) is 6.61 Å². The molecule has 1 atom stereocenters. The van der Waals surface area contributed by atoms with Gasteiger partial charge in [0.2, 0.25) is 0 Å². The Kier molecular flexibility index (Phi) is 2.26. The summed E-state index contributed by atoms with van der Waals surface area (Å²) in [6.07, 6.45) is 1.71. The molecule has 3 rings (SSSR count). The van der Waals surface area contributed by atoms with E-state index in [2.05, 4.69) is 4.98 Å². The molecule has 84 valence electrons. The molecular weight excluding hydrogens is 228 g/mol. The maximum Gasteiger partial charge on any atom is 0.328 e. The van der Waals surface area contributed by atoms with Crippen molar-refractivity contribution in [3.05, 3.63) is 33.7 Å². The summed E-state index contributed by atoms with van der Waals surface area (Å²) in [6.45, 7) is 0.713. The van der Waals surface area contributed by atoms with Crippen molar-refractivity contribution in [1.29, 1.82) is 0 Å². The molecule has 16 heavy (non-hydrogen) atoms. The molecule has 1 unspecified atom stereocenters. The molecule has 0 bridgehead atoms. The van der Waals surface area contributed by atoms with Gasteiger partial charge in [0.15, 0.2) is 0 Å². The molecule has 4 nitrogen and oxygen atoms in total. The van der Waals surface area contributed by atoms with Crippen molar-refractivity contribution in [2.75, 3.05) is 6.61 Å². The topological polar surface area (TPSA) is 47.0 Å². The molecule has 1 fully saturated rings. The Morgan fingerprint density at radius 3 is 3.12 bits per heavy atom. The summed E-state index contributed by atoms with van der Waals surface area (Å²) >= 11 is 6.02. The molecular formula is C11H11ClN2O2. The predicted molar refractivity (Wildman–Crippen MR) is 61.8 cm³/mol. The number of benzene rings is 1. The van der Waals surface area contributed by atoms with Gasteiger partial charge in [-0.2, -0.15) is 0 Å². The van der Waals surface area contributed by atoms with Gasteiger partial charge in [-0.15, -0.1) is 0 Å². The summed E-state index contributed by atoms with van der Waals surface area (Å²) < 4.78 is 7.17. The van der Waals surface area contributed by atoms with Crippen LogP contribution in [0.1, 0.15) is 19.1 Å². The van der Waals surface area contributed by atoms with Crippen LogP contribution >= 0.6 is 11.6 Å². The highest BCUT2D eigenvalue weighted by Crippen LogP contribution is 2.27. The number of ether oxygens (including phenoxy) is 1. The molecule has 0 spiro atoms. The zero-order valence-corrected chi connectivity index (χ0v) is 9.33. The molecule has 1 aromatic carbocycles. The smallest absolute Gasteiger partial charge is 0.328 e. The van der Waals surface area contributed by atoms with Crippen LogP contribution in [0.3, 0.4) is 0 Å². The minimum Gasteiger partial charge on any atom is -0.358 e. The molecule has 0 aliphatic carbocycles. The molecule has 2 aromatic rings. The monoisotopic (exact) mass is 238 g/mol. The first kappa shape index (κ1) is 9.93. The minimum atomic E-state index is -0.157. The van der Waals surface area contributed by atoms with Gasteiger partial charge in [-0.3, -0.25) is 4.57 Å². The fourth-order valence-corrected chi connectivity index (χ4v) is 2.38. The van der Waals surface area contributed by atoms with Crippen LogP contribution in [0.5, 0.6) is 0 Å². The first-order chi connectivity index (χ1) is 7.77. The van der Waals surface area contributed by atoms with Crippen LogP contribution in [0.25, 0.3) is 11.0 Å². The van der Waals surface area contributed by atoms with Crippen molar-refractivity contribution < 1.29 is 4.74 Å². The number of imidazole rings is 1. The lowest BCUT2D eigenvalue weighted by atomic mass is 10.3. The van der Waals surface area contributed by atoms with Crippen molar-refractivity contribution in [1.82, 2.24) is 9.55 Å². The van der Waals surface area contributed by atoms with E-state index in [1.807, 2.05) is 12.1 Å². The maximum atomic E-state index is 11.8. The zero-order valence-electron chi connectivity index (χ0n) is 8.57.